The van der Waals surface area contributed by atoms with Gasteiger partial charge in [-0.1, -0.05) is 24.8 Å². The molecule has 2 fully saturated rings. The van der Waals surface area contributed by atoms with Gasteiger partial charge in [-0.25, -0.2) is 9.97 Å². The van der Waals surface area contributed by atoms with Gasteiger partial charge in [-0.15, -0.1) is 0 Å². The topological polar surface area (TPSA) is 75.1 Å². The predicted octanol–water partition coefficient (Wildman–Crippen LogP) is 5.72. The van der Waals surface area contributed by atoms with E-state index in [0.717, 1.165) is 91.6 Å². The van der Waals surface area contributed by atoms with Crippen LogP contribution in [-0.2, 0) is 0 Å². The van der Waals surface area contributed by atoms with Gasteiger partial charge in [0.25, 0.3) is 0 Å². The molecule has 7 nitrogen and oxygen atoms in total. The SMILES string of the molecule is C=C(c1cc(-c2nc3cc(N4CCN(C)CC4)ncc3[nH]2)c(C)cc1C)N1CCC(c2ccc(C#N)cc2)CC1. The normalized spacial score (nSPS) is 16.9. The monoisotopic (exact) mass is 531 g/mol. The Hall–Kier alpha value is -4.15. The fourth-order valence-corrected chi connectivity index (χ4v) is 6.14. The number of rotatable bonds is 5. The van der Waals surface area contributed by atoms with Gasteiger partial charge in [0.2, 0.25) is 0 Å². The smallest absolute Gasteiger partial charge is 0.138 e. The lowest BCUT2D eigenvalue weighted by atomic mass is 9.88. The Morgan fingerprint density at radius 2 is 1.70 bits per heavy atom. The number of H-pyrrole nitrogens is 1. The Kier molecular flexibility index (Phi) is 7.03. The van der Waals surface area contributed by atoms with Crippen molar-refractivity contribution in [3.05, 3.63) is 83.1 Å². The molecule has 0 bridgehead atoms. The third-order valence-electron chi connectivity index (χ3n) is 8.71. The summed E-state index contributed by atoms with van der Waals surface area (Å²) < 4.78 is 0. The third-order valence-corrected chi connectivity index (χ3v) is 8.71. The van der Waals surface area contributed by atoms with Gasteiger partial charge in [-0.05, 0) is 74.5 Å². The van der Waals surface area contributed by atoms with E-state index in [4.69, 9.17) is 15.2 Å². The minimum absolute atomic E-state index is 0.520. The highest BCUT2D eigenvalue weighted by Crippen LogP contribution is 2.35. The van der Waals surface area contributed by atoms with Gasteiger partial charge in [0.15, 0.2) is 0 Å². The van der Waals surface area contributed by atoms with Crippen LogP contribution in [0.4, 0.5) is 5.82 Å². The molecule has 4 aromatic rings. The molecule has 0 atom stereocenters. The van der Waals surface area contributed by atoms with Crippen LogP contribution in [-0.4, -0.2) is 71.1 Å². The largest absolute Gasteiger partial charge is 0.371 e. The molecule has 1 N–H and O–H groups in total. The number of aromatic nitrogens is 3. The molecule has 6 rings (SSSR count). The summed E-state index contributed by atoms with van der Waals surface area (Å²) in [4.78, 5) is 20.4. The summed E-state index contributed by atoms with van der Waals surface area (Å²) in [5.41, 5.74) is 9.73. The second-order valence-corrected chi connectivity index (χ2v) is 11.4. The predicted molar refractivity (Wildman–Crippen MR) is 162 cm³/mol. The van der Waals surface area contributed by atoms with Crippen molar-refractivity contribution < 1.29 is 0 Å². The van der Waals surface area contributed by atoms with Crippen molar-refractivity contribution in [2.45, 2.75) is 32.6 Å². The Morgan fingerprint density at radius 3 is 2.40 bits per heavy atom. The van der Waals surface area contributed by atoms with E-state index in [2.05, 4.69) is 83.6 Å². The first-order chi connectivity index (χ1) is 19.4. The van der Waals surface area contributed by atoms with E-state index in [1.807, 2.05) is 18.3 Å². The highest BCUT2D eigenvalue weighted by Gasteiger charge is 2.24. The lowest BCUT2D eigenvalue weighted by Gasteiger charge is -2.35. The van der Waals surface area contributed by atoms with E-state index in [0.29, 0.717) is 5.92 Å². The summed E-state index contributed by atoms with van der Waals surface area (Å²) >= 11 is 0. The number of likely N-dealkylation sites (tertiary alicyclic amines) is 1. The fraction of sp³-hybridized carbons (Fsp3) is 0.364. The Bertz CT molecular complexity index is 1580. The number of aryl methyl sites for hydroxylation is 2. The maximum atomic E-state index is 9.10. The molecule has 7 heteroatoms. The maximum Gasteiger partial charge on any atom is 0.138 e. The van der Waals surface area contributed by atoms with Crippen molar-refractivity contribution in [2.24, 2.45) is 0 Å². The molecule has 2 aromatic heterocycles. The number of hydrogen-bond donors (Lipinski definition) is 1. The van der Waals surface area contributed by atoms with Crippen molar-refractivity contribution in [1.29, 1.82) is 5.26 Å². The van der Waals surface area contributed by atoms with Crippen LogP contribution in [0.25, 0.3) is 28.1 Å². The number of nitriles is 1. The van der Waals surface area contributed by atoms with Crippen LogP contribution < -0.4 is 4.90 Å². The molecule has 2 saturated heterocycles. The first-order valence-electron chi connectivity index (χ1n) is 14.2. The first kappa shape index (κ1) is 26.1. The summed E-state index contributed by atoms with van der Waals surface area (Å²) in [5.74, 6) is 2.39. The minimum atomic E-state index is 0.520. The van der Waals surface area contributed by atoms with Gasteiger partial charge in [0, 0.05) is 62.2 Å². The van der Waals surface area contributed by atoms with Crippen molar-refractivity contribution in [3.8, 4) is 17.5 Å². The number of pyridine rings is 1. The lowest BCUT2D eigenvalue weighted by Crippen LogP contribution is -2.44. The van der Waals surface area contributed by atoms with Crippen LogP contribution >= 0.6 is 0 Å². The number of benzene rings is 2. The fourth-order valence-electron chi connectivity index (χ4n) is 6.14. The molecule has 0 aliphatic carbocycles. The van der Waals surface area contributed by atoms with Gasteiger partial charge in [-0.3, -0.25) is 0 Å². The molecule has 2 aliphatic heterocycles. The van der Waals surface area contributed by atoms with Gasteiger partial charge in [0.1, 0.15) is 11.6 Å². The molecule has 0 radical (unpaired) electrons. The summed E-state index contributed by atoms with van der Waals surface area (Å²) in [6, 6.07) is 16.9. The first-order valence-corrected chi connectivity index (χ1v) is 14.2. The molecular formula is C33H37N7. The molecular weight excluding hydrogens is 494 g/mol. The number of likely N-dealkylation sites (N-methyl/N-ethyl adjacent to an activating group) is 1. The number of nitrogens with one attached hydrogen (secondary N) is 1. The van der Waals surface area contributed by atoms with Gasteiger partial charge in [0.05, 0.1) is 28.9 Å². The van der Waals surface area contributed by atoms with Crippen LogP contribution in [0.3, 0.4) is 0 Å². The highest BCUT2D eigenvalue weighted by molar-refractivity contribution is 5.82. The summed E-state index contributed by atoms with van der Waals surface area (Å²) in [7, 11) is 2.17. The van der Waals surface area contributed by atoms with E-state index in [-0.39, 0.29) is 0 Å². The standard InChI is InChI=1S/C33H37N7/c1-22-17-23(2)29(33-36-30-19-32(35-21-31(30)37-33)40-15-13-38(4)14-16-40)18-28(22)24(3)39-11-9-27(10-12-39)26-7-5-25(20-34)6-8-26/h5-8,17-19,21,27H,3,9-16H2,1-2,4H3,(H,36,37). The Balaban J connectivity index is 1.21. The molecule has 0 saturated carbocycles. The molecule has 40 heavy (non-hydrogen) atoms. The van der Waals surface area contributed by atoms with E-state index in [9.17, 15) is 0 Å². The Labute approximate surface area is 236 Å². The summed E-state index contributed by atoms with van der Waals surface area (Å²) in [5, 5.41) is 9.10. The summed E-state index contributed by atoms with van der Waals surface area (Å²) in [6.45, 7) is 14.9. The second kappa shape index (κ2) is 10.8. The van der Waals surface area contributed by atoms with Gasteiger partial charge < -0.3 is 19.7 Å². The van der Waals surface area contributed by atoms with E-state index in [1.54, 1.807) is 0 Å². The number of nitrogens with zero attached hydrogens (tertiary/aromatic N) is 6. The average Bonchev–Trinajstić information content (AvgIpc) is 3.41. The quantitative estimate of drug-likeness (QED) is 0.355. The van der Waals surface area contributed by atoms with Crippen molar-refractivity contribution in [3.63, 3.8) is 0 Å². The van der Waals surface area contributed by atoms with Crippen LogP contribution in [0.15, 0.2) is 55.2 Å². The van der Waals surface area contributed by atoms with Crippen molar-refractivity contribution in [2.75, 3.05) is 51.2 Å². The van der Waals surface area contributed by atoms with Crippen molar-refractivity contribution in [1.82, 2.24) is 24.8 Å². The summed E-state index contributed by atoms with van der Waals surface area (Å²) in [6.07, 6.45) is 4.07. The maximum absolute atomic E-state index is 9.10. The molecule has 0 amide bonds. The number of imidazole rings is 1. The van der Waals surface area contributed by atoms with Crippen LogP contribution in [0.5, 0.6) is 0 Å². The minimum Gasteiger partial charge on any atom is -0.371 e. The van der Waals surface area contributed by atoms with Crippen LogP contribution in [0, 0.1) is 25.2 Å². The zero-order valence-corrected chi connectivity index (χ0v) is 23.7. The zero-order chi connectivity index (χ0) is 27.8. The van der Waals surface area contributed by atoms with Crippen LogP contribution in [0.2, 0.25) is 0 Å². The third kappa shape index (κ3) is 5.07. The van der Waals surface area contributed by atoms with Gasteiger partial charge >= 0.3 is 0 Å². The Morgan fingerprint density at radius 1 is 0.975 bits per heavy atom. The number of aromatic amines is 1. The number of hydrogen-bond acceptors (Lipinski definition) is 6. The van der Waals surface area contributed by atoms with E-state index < -0.39 is 0 Å². The molecule has 204 valence electrons. The molecule has 2 aliphatic rings. The average molecular weight is 532 g/mol. The van der Waals surface area contributed by atoms with Crippen LogP contribution in [0.1, 0.15) is 46.6 Å². The van der Waals surface area contributed by atoms with E-state index in [1.165, 1.54) is 22.3 Å². The van der Waals surface area contributed by atoms with Crippen molar-refractivity contribution >= 4 is 22.5 Å². The number of piperazine rings is 1. The number of piperidine rings is 1. The highest BCUT2D eigenvalue weighted by atomic mass is 15.3. The zero-order valence-electron chi connectivity index (χ0n) is 23.7. The van der Waals surface area contributed by atoms with E-state index >= 15 is 0 Å². The molecule has 4 heterocycles. The number of fused-ring (bicyclic) bond motifs is 1. The van der Waals surface area contributed by atoms with Gasteiger partial charge in [-0.2, -0.15) is 5.26 Å². The lowest BCUT2D eigenvalue weighted by molar-refractivity contribution is 0.299. The number of anilines is 1. The molecule has 2 aromatic carbocycles. The second-order valence-electron chi connectivity index (χ2n) is 11.4. The molecule has 0 unspecified atom stereocenters. The molecule has 0 spiro atoms.